The number of primary amides is 1. The lowest BCUT2D eigenvalue weighted by molar-refractivity contribution is -0.140. The van der Waals surface area contributed by atoms with Gasteiger partial charge in [-0.1, -0.05) is 13.8 Å². The van der Waals surface area contributed by atoms with E-state index in [2.05, 4.69) is 4.74 Å². The lowest BCUT2D eigenvalue weighted by Crippen LogP contribution is -2.23. The van der Waals surface area contributed by atoms with Crippen molar-refractivity contribution in [2.75, 3.05) is 12.9 Å². The van der Waals surface area contributed by atoms with Crippen LogP contribution in [-0.2, 0) is 14.3 Å². The molecule has 14 heavy (non-hydrogen) atoms. The maximum Gasteiger partial charge on any atom is 0.306 e. The molecule has 1 amide bonds. The zero-order valence-electron chi connectivity index (χ0n) is 8.78. The fourth-order valence-electron chi connectivity index (χ4n) is 0.768. The molecule has 0 saturated carbocycles. The molecule has 2 unspecified atom stereocenters. The Kier molecular flexibility index (Phi) is 6.36. The van der Waals surface area contributed by atoms with E-state index >= 15 is 0 Å². The number of carbonyl (C=O) groups is 2. The van der Waals surface area contributed by atoms with E-state index in [4.69, 9.17) is 5.73 Å². The van der Waals surface area contributed by atoms with Crippen molar-refractivity contribution in [2.45, 2.75) is 25.5 Å². The molecule has 0 aliphatic rings. The number of rotatable bonds is 6. The average Bonchev–Trinajstić information content (AvgIpc) is 2.13. The van der Waals surface area contributed by atoms with Gasteiger partial charge < -0.3 is 10.5 Å². The molecule has 2 N–H and O–H groups in total. The molecule has 4 nitrogen and oxygen atoms in total. The van der Waals surface area contributed by atoms with Gasteiger partial charge in [-0.05, 0) is 0 Å². The number of methoxy groups -OCH3 is 1. The molecule has 0 aromatic rings. The first-order chi connectivity index (χ1) is 6.47. The highest BCUT2D eigenvalue weighted by Crippen LogP contribution is 2.17. The minimum absolute atomic E-state index is 0.153. The molecular weight excluding hydrogens is 202 g/mol. The quantitative estimate of drug-likeness (QED) is 0.671. The standard InChI is InChI=1S/C9H17NO3S/c1-6(9(10)12)5-14-7(2)4-8(11)13-3/h6-7H,4-5H2,1-3H3,(H2,10,12). The Bertz CT molecular complexity index is 208. The molecule has 0 spiro atoms. The molecule has 0 fully saturated rings. The van der Waals surface area contributed by atoms with Crippen molar-refractivity contribution < 1.29 is 14.3 Å². The topological polar surface area (TPSA) is 69.4 Å². The van der Waals surface area contributed by atoms with Gasteiger partial charge >= 0.3 is 5.97 Å². The summed E-state index contributed by atoms with van der Waals surface area (Å²) in [6, 6.07) is 0. The number of ether oxygens (including phenoxy) is 1. The van der Waals surface area contributed by atoms with Gasteiger partial charge in [-0.3, -0.25) is 9.59 Å². The zero-order valence-corrected chi connectivity index (χ0v) is 9.60. The first-order valence-corrected chi connectivity index (χ1v) is 5.50. The van der Waals surface area contributed by atoms with Crippen LogP contribution in [0.5, 0.6) is 0 Å². The second-order valence-corrected chi connectivity index (χ2v) is 4.70. The molecule has 5 heteroatoms. The largest absolute Gasteiger partial charge is 0.469 e. The number of nitrogens with two attached hydrogens (primary N) is 1. The van der Waals surface area contributed by atoms with Crippen LogP contribution in [0.15, 0.2) is 0 Å². The molecule has 2 atom stereocenters. The highest BCUT2D eigenvalue weighted by Gasteiger charge is 2.13. The Balaban J connectivity index is 3.68. The molecule has 0 aromatic carbocycles. The monoisotopic (exact) mass is 219 g/mol. The fourth-order valence-corrected chi connectivity index (χ4v) is 1.80. The number of carbonyl (C=O) groups excluding carboxylic acids is 2. The molecular formula is C9H17NO3S. The van der Waals surface area contributed by atoms with E-state index in [1.54, 1.807) is 18.7 Å². The summed E-state index contributed by atoms with van der Waals surface area (Å²) in [7, 11) is 1.37. The third kappa shape index (κ3) is 5.85. The molecule has 0 aliphatic carbocycles. The van der Waals surface area contributed by atoms with E-state index in [0.717, 1.165) is 0 Å². The number of esters is 1. The van der Waals surface area contributed by atoms with Crippen LogP contribution in [0.4, 0.5) is 0 Å². The smallest absolute Gasteiger partial charge is 0.306 e. The van der Waals surface area contributed by atoms with Crippen LogP contribution in [0.1, 0.15) is 20.3 Å². The number of hydrogen-bond donors (Lipinski definition) is 1. The van der Waals surface area contributed by atoms with E-state index in [-0.39, 0.29) is 23.0 Å². The molecule has 0 heterocycles. The van der Waals surface area contributed by atoms with Crippen molar-refractivity contribution >= 4 is 23.6 Å². The zero-order chi connectivity index (χ0) is 11.1. The van der Waals surface area contributed by atoms with Crippen LogP contribution >= 0.6 is 11.8 Å². The maximum atomic E-state index is 10.9. The summed E-state index contributed by atoms with van der Waals surface area (Å²) in [6.07, 6.45) is 0.368. The molecule has 0 bridgehead atoms. The van der Waals surface area contributed by atoms with E-state index in [9.17, 15) is 9.59 Å². The Labute approximate surface area is 88.6 Å². The SMILES string of the molecule is COC(=O)CC(C)SCC(C)C(N)=O. The van der Waals surface area contributed by atoms with Crippen molar-refractivity contribution in [1.82, 2.24) is 0 Å². The Morgan fingerprint density at radius 2 is 2.00 bits per heavy atom. The normalized spacial score (nSPS) is 14.5. The summed E-state index contributed by atoms with van der Waals surface area (Å²) in [5.41, 5.74) is 5.11. The Morgan fingerprint density at radius 1 is 1.43 bits per heavy atom. The van der Waals surface area contributed by atoms with Gasteiger partial charge in [0, 0.05) is 16.9 Å². The summed E-state index contributed by atoms with van der Waals surface area (Å²) in [6.45, 7) is 3.70. The number of hydrogen-bond acceptors (Lipinski definition) is 4. The lowest BCUT2D eigenvalue weighted by Gasteiger charge is -2.11. The van der Waals surface area contributed by atoms with Gasteiger partial charge in [0.2, 0.25) is 5.91 Å². The summed E-state index contributed by atoms with van der Waals surface area (Å²) in [5.74, 6) is -0.0346. The summed E-state index contributed by atoms with van der Waals surface area (Å²) in [4.78, 5) is 21.6. The van der Waals surface area contributed by atoms with Gasteiger partial charge in [0.05, 0.1) is 13.5 Å². The van der Waals surface area contributed by atoms with Crippen molar-refractivity contribution in [3.05, 3.63) is 0 Å². The summed E-state index contributed by atoms with van der Waals surface area (Å²) in [5, 5.41) is 0.157. The lowest BCUT2D eigenvalue weighted by atomic mass is 10.2. The van der Waals surface area contributed by atoms with Gasteiger partial charge in [0.1, 0.15) is 0 Å². The highest BCUT2D eigenvalue weighted by atomic mass is 32.2. The van der Waals surface area contributed by atoms with Crippen LogP contribution in [0.25, 0.3) is 0 Å². The molecule has 0 aliphatic heterocycles. The molecule has 0 rings (SSSR count). The first-order valence-electron chi connectivity index (χ1n) is 4.45. The van der Waals surface area contributed by atoms with E-state index in [0.29, 0.717) is 12.2 Å². The molecule has 82 valence electrons. The van der Waals surface area contributed by atoms with Gasteiger partial charge in [-0.25, -0.2) is 0 Å². The van der Waals surface area contributed by atoms with Crippen molar-refractivity contribution in [3.8, 4) is 0 Å². The van der Waals surface area contributed by atoms with Crippen LogP contribution in [-0.4, -0.2) is 30.0 Å². The molecule has 0 radical (unpaired) electrons. The summed E-state index contributed by atoms with van der Waals surface area (Å²) >= 11 is 1.55. The minimum Gasteiger partial charge on any atom is -0.469 e. The predicted octanol–water partition coefficient (Wildman–Crippen LogP) is 0.793. The van der Waals surface area contributed by atoms with Crippen molar-refractivity contribution in [3.63, 3.8) is 0 Å². The third-order valence-electron chi connectivity index (χ3n) is 1.80. The van der Waals surface area contributed by atoms with Crippen LogP contribution < -0.4 is 5.73 Å². The Morgan fingerprint density at radius 3 is 2.43 bits per heavy atom. The Hall–Kier alpha value is -0.710. The van der Waals surface area contributed by atoms with Gasteiger partial charge in [0.15, 0.2) is 0 Å². The molecule has 0 aromatic heterocycles. The van der Waals surface area contributed by atoms with Crippen molar-refractivity contribution in [2.24, 2.45) is 11.7 Å². The number of amides is 1. The van der Waals surface area contributed by atoms with Gasteiger partial charge in [0.25, 0.3) is 0 Å². The first kappa shape index (κ1) is 13.3. The average molecular weight is 219 g/mol. The van der Waals surface area contributed by atoms with Gasteiger partial charge in [-0.2, -0.15) is 11.8 Å². The second kappa shape index (κ2) is 6.70. The molecule has 0 saturated heterocycles. The minimum atomic E-state index is -0.303. The second-order valence-electron chi connectivity index (χ2n) is 3.23. The maximum absolute atomic E-state index is 10.9. The van der Waals surface area contributed by atoms with Crippen LogP contribution in [0.2, 0.25) is 0 Å². The van der Waals surface area contributed by atoms with E-state index < -0.39 is 0 Å². The third-order valence-corrected chi connectivity index (χ3v) is 3.23. The summed E-state index contributed by atoms with van der Waals surface area (Å²) < 4.78 is 4.53. The van der Waals surface area contributed by atoms with E-state index in [1.807, 2.05) is 6.92 Å². The van der Waals surface area contributed by atoms with Gasteiger partial charge in [-0.15, -0.1) is 0 Å². The van der Waals surface area contributed by atoms with E-state index in [1.165, 1.54) is 7.11 Å². The predicted molar refractivity (Wildman–Crippen MR) is 56.9 cm³/mol. The highest BCUT2D eigenvalue weighted by molar-refractivity contribution is 7.99. The van der Waals surface area contributed by atoms with Crippen LogP contribution in [0, 0.1) is 5.92 Å². The fraction of sp³-hybridized carbons (Fsp3) is 0.778. The van der Waals surface area contributed by atoms with Crippen LogP contribution in [0.3, 0.4) is 0 Å². The van der Waals surface area contributed by atoms with Crippen molar-refractivity contribution in [1.29, 1.82) is 0 Å². The number of thioether (sulfide) groups is 1.